The zero-order valence-electron chi connectivity index (χ0n) is 10.4. The number of likely N-dealkylation sites (N-methyl/N-ethyl adjacent to an activating group) is 1. The van der Waals surface area contributed by atoms with Crippen LogP contribution in [-0.4, -0.2) is 25.1 Å². The Kier molecular flexibility index (Phi) is 5.49. The molecule has 1 unspecified atom stereocenters. The van der Waals surface area contributed by atoms with Crippen molar-refractivity contribution in [3.63, 3.8) is 0 Å². The molecule has 0 aliphatic heterocycles. The van der Waals surface area contributed by atoms with Crippen LogP contribution in [0.2, 0.25) is 0 Å². The fourth-order valence-corrected chi connectivity index (χ4v) is 1.52. The van der Waals surface area contributed by atoms with E-state index in [0.29, 0.717) is 6.54 Å². The second-order valence-corrected chi connectivity index (χ2v) is 3.82. The number of carbonyl (C=O) groups is 1. The van der Waals surface area contributed by atoms with Crippen molar-refractivity contribution in [1.29, 1.82) is 0 Å². The molecule has 1 rings (SSSR count). The molecule has 0 aliphatic rings. The number of aryl methyl sites for hydroxylation is 1. The molecule has 4 nitrogen and oxygen atoms in total. The highest BCUT2D eigenvalue weighted by molar-refractivity contribution is 5.80. The van der Waals surface area contributed by atoms with Gasteiger partial charge in [-0.2, -0.15) is 0 Å². The van der Waals surface area contributed by atoms with Crippen LogP contribution in [0.15, 0.2) is 24.3 Å². The Hall–Kier alpha value is -1.55. The number of hydrogen-bond acceptors (Lipinski definition) is 3. The van der Waals surface area contributed by atoms with Crippen LogP contribution in [0.3, 0.4) is 0 Å². The van der Waals surface area contributed by atoms with Gasteiger partial charge >= 0.3 is 0 Å². The number of ether oxygens (including phenoxy) is 1. The standard InChI is InChI=1S/C13H20N2O2/c1-3-10-6-5-7-11(8-10)17-9-12(13(14)16)15-4-2/h5-8,12,15H,3-4,9H2,1-2H3,(H2,14,16). The molecule has 0 aliphatic carbocycles. The summed E-state index contributed by atoms with van der Waals surface area (Å²) in [7, 11) is 0. The van der Waals surface area contributed by atoms with Crippen LogP contribution in [0.25, 0.3) is 0 Å². The molecule has 1 aromatic rings. The van der Waals surface area contributed by atoms with Crippen LogP contribution in [-0.2, 0) is 11.2 Å². The normalized spacial score (nSPS) is 12.1. The Morgan fingerprint density at radius 3 is 2.82 bits per heavy atom. The molecule has 0 aromatic heterocycles. The van der Waals surface area contributed by atoms with Gasteiger partial charge in [0.15, 0.2) is 0 Å². The molecule has 1 atom stereocenters. The maximum absolute atomic E-state index is 11.1. The molecule has 1 aromatic carbocycles. The van der Waals surface area contributed by atoms with E-state index in [1.807, 2.05) is 31.2 Å². The molecule has 0 spiro atoms. The lowest BCUT2D eigenvalue weighted by molar-refractivity contribution is -0.120. The largest absolute Gasteiger partial charge is 0.491 e. The summed E-state index contributed by atoms with van der Waals surface area (Å²) in [5.74, 6) is 0.381. The van der Waals surface area contributed by atoms with E-state index < -0.39 is 11.9 Å². The quantitative estimate of drug-likeness (QED) is 0.745. The molecule has 0 saturated carbocycles. The van der Waals surface area contributed by atoms with Crippen LogP contribution in [0, 0.1) is 0 Å². The van der Waals surface area contributed by atoms with Gasteiger partial charge in [-0.15, -0.1) is 0 Å². The van der Waals surface area contributed by atoms with Gasteiger partial charge in [0.25, 0.3) is 0 Å². The van der Waals surface area contributed by atoms with E-state index in [0.717, 1.165) is 12.2 Å². The number of primary amides is 1. The predicted octanol–water partition coefficient (Wildman–Crippen LogP) is 1.09. The number of benzene rings is 1. The van der Waals surface area contributed by atoms with Gasteiger partial charge in [-0.3, -0.25) is 4.79 Å². The van der Waals surface area contributed by atoms with E-state index >= 15 is 0 Å². The summed E-state index contributed by atoms with van der Waals surface area (Å²) in [6.07, 6.45) is 0.962. The number of nitrogens with one attached hydrogen (secondary N) is 1. The average Bonchev–Trinajstić information content (AvgIpc) is 2.34. The van der Waals surface area contributed by atoms with E-state index in [1.54, 1.807) is 0 Å². The van der Waals surface area contributed by atoms with Gasteiger partial charge in [0.05, 0.1) is 0 Å². The highest BCUT2D eigenvalue weighted by Crippen LogP contribution is 2.13. The van der Waals surface area contributed by atoms with Crippen molar-refractivity contribution in [2.45, 2.75) is 26.3 Å². The first-order chi connectivity index (χ1) is 8.17. The van der Waals surface area contributed by atoms with Crippen molar-refractivity contribution >= 4 is 5.91 Å². The number of nitrogens with two attached hydrogens (primary N) is 1. The summed E-state index contributed by atoms with van der Waals surface area (Å²) in [6, 6.07) is 7.40. The van der Waals surface area contributed by atoms with Gasteiger partial charge in [0.1, 0.15) is 18.4 Å². The van der Waals surface area contributed by atoms with E-state index in [2.05, 4.69) is 12.2 Å². The highest BCUT2D eigenvalue weighted by atomic mass is 16.5. The van der Waals surface area contributed by atoms with Crippen molar-refractivity contribution < 1.29 is 9.53 Å². The topological polar surface area (TPSA) is 64.3 Å². The first-order valence-corrected chi connectivity index (χ1v) is 5.91. The van der Waals surface area contributed by atoms with Crippen molar-refractivity contribution in [3.8, 4) is 5.75 Å². The number of carbonyl (C=O) groups excluding carboxylic acids is 1. The van der Waals surface area contributed by atoms with Crippen LogP contribution in [0.5, 0.6) is 5.75 Å². The van der Waals surface area contributed by atoms with Crippen LogP contribution in [0.4, 0.5) is 0 Å². The fraction of sp³-hybridized carbons (Fsp3) is 0.462. The fourth-order valence-electron chi connectivity index (χ4n) is 1.52. The van der Waals surface area contributed by atoms with Crippen molar-refractivity contribution in [3.05, 3.63) is 29.8 Å². The van der Waals surface area contributed by atoms with Crippen molar-refractivity contribution in [2.24, 2.45) is 5.73 Å². The van der Waals surface area contributed by atoms with Crippen LogP contribution < -0.4 is 15.8 Å². The smallest absolute Gasteiger partial charge is 0.238 e. The third-order valence-electron chi connectivity index (χ3n) is 2.52. The maximum atomic E-state index is 11.1. The SMILES string of the molecule is CCNC(COc1cccc(CC)c1)C(N)=O. The predicted molar refractivity (Wildman–Crippen MR) is 68.0 cm³/mol. The molecule has 94 valence electrons. The molecule has 3 N–H and O–H groups in total. The molecule has 0 bridgehead atoms. The summed E-state index contributed by atoms with van der Waals surface area (Å²) in [5.41, 5.74) is 6.47. The third kappa shape index (κ3) is 4.44. The number of amides is 1. The van der Waals surface area contributed by atoms with Gasteiger partial charge in [0, 0.05) is 0 Å². The average molecular weight is 236 g/mol. The molecule has 0 heterocycles. The van der Waals surface area contributed by atoms with Gasteiger partial charge < -0.3 is 15.8 Å². The Morgan fingerprint density at radius 1 is 1.47 bits per heavy atom. The van der Waals surface area contributed by atoms with E-state index in [4.69, 9.17) is 10.5 Å². The summed E-state index contributed by atoms with van der Waals surface area (Å²) in [4.78, 5) is 11.1. The molecule has 0 saturated heterocycles. The van der Waals surface area contributed by atoms with E-state index in [1.165, 1.54) is 5.56 Å². The zero-order chi connectivity index (χ0) is 12.7. The summed E-state index contributed by atoms with van der Waals surface area (Å²) in [5, 5.41) is 2.98. The second kappa shape index (κ2) is 6.91. The first kappa shape index (κ1) is 13.5. The lowest BCUT2D eigenvalue weighted by atomic mass is 10.2. The lowest BCUT2D eigenvalue weighted by Crippen LogP contribution is -2.45. The van der Waals surface area contributed by atoms with Gasteiger partial charge in [-0.05, 0) is 30.7 Å². The Bertz CT molecular complexity index is 366. The Balaban J connectivity index is 2.55. The Morgan fingerprint density at radius 2 is 2.24 bits per heavy atom. The molecule has 1 amide bonds. The number of hydrogen-bond donors (Lipinski definition) is 2. The molecule has 17 heavy (non-hydrogen) atoms. The monoisotopic (exact) mass is 236 g/mol. The first-order valence-electron chi connectivity index (χ1n) is 5.91. The molecular formula is C13H20N2O2. The van der Waals surface area contributed by atoms with Crippen molar-refractivity contribution in [1.82, 2.24) is 5.32 Å². The van der Waals surface area contributed by atoms with Crippen LogP contribution >= 0.6 is 0 Å². The molecule has 0 radical (unpaired) electrons. The highest BCUT2D eigenvalue weighted by Gasteiger charge is 2.14. The van der Waals surface area contributed by atoms with Gasteiger partial charge in [0.2, 0.25) is 5.91 Å². The molecule has 4 heteroatoms. The zero-order valence-corrected chi connectivity index (χ0v) is 10.4. The summed E-state index contributed by atoms with van der Waals surface area (Å²) < 4.78 is 5.56. The van der Waals surface area contributed by atoms with E-state index in [-0.39, 0.29) is 6.61 Å². The maximum Gasteiger partial charge on any atom is 0.238 e. The second-order valence-electron chi connectivity index (χ2n) is 3.82. The minimum atomic E-state index is -0.440. The van der Waals surface area contributed by atoms with E-state index in [9.17, 15) is 4.79 Å². The van der Waals surface area contributed by atoms with Crippen LogP contribution in [0.1, 0.15) is 19.4 Å². The number of rotatable bonds is 7. The van der Waals surface area contributed by atoms with Gasteiger partial charge in [-0.25, -0.2) is 0 Å². The lowest BCUT2D eigenvalue weighted by Gasteiger charge is -2.15. The molecule has 0 fully saturated rings. The minimum absolute atomic E-state index is 0.260. The molecular weight excluding hydrogens is 216 g/mol. The third-order valence-corrected chi connectivity index (χ3v) is 2.52. The van der Waals surface area contributed by atoms with Gasteiger partial charge in [-0.1, -0.05) is 26.0 Å². The van der Waals surface area contributed by atoms with Crippen molar-refractivity contribution in [2.75, 3.05) is 13.2 Å². The summed E-state index contributed by atoms with van der Waals surface area (Å²) >= 11 is 0. The summed E-state index contributed by atoms with van der Waals surface area (Å²) in [6.45, 7) is 4.96. The minimum Gasteiger partial charge on any atom is -0.491 e. The Labute approximate surface area is 102 Å².